The molecular formula is C35H46ClN5O9S. The standard InChI is InChI=1S/C35H46ClN5O9S/c1-9-19-16-35(19,31(44)40-51(46,47)22-11-12-22)39-28(42)25-15-21(49-29-24-14-20(36)10-13-23(24)26(48-8)17-37-29)18-41(25)30(43)27(33(2,3)4)38-32(45)50-34(5,6)7/h9-10,13-14,17,19,21-22,25,27H,1,11-12,15-16,18H2,2-8H3,(H,38,45)(H,39,42)(H,40,44)/t19?,21-,25+,27-,35-/m1/s1. The Kier molecular flexibility index (Phi) is 10.3. The van der Waals surface area contributed by atoms with E-state index in [-0.39, 0.29) is 25.3 Å². The maximum Gasteiger partial charge on any atom is 0.408 e. The number of carbonyl (C=O) groups excluding carboxylic acids is 4. The van der Waals surface area contributed by atoms with Crippen LogP contribution in [-0.4, -0.2) is 90.3 Å². The molecule has 5 rings (SSSR count). The predicted octanol–water partition coefficient (Wildman–Crippen LogP) is 3.85. The van der Waals surface area contributed by atoms with Gasteiger partial charge >= 0.3 is 6.09 Å². The van der Waals surface area contributed by atoms with E-state index in [0.29, 0.717) is 34.4 Å². The lowest BCUT2D eigenvalue weighted by Crippen LogP contribution is -2.60. The highest BCUT2D eigenvalue weighted by Crippen LogP contribution is 2.45. The zero-order chi connectivity index (χ0) is 37.7. The minimum Gasteiger partial charge on any atom is -0.494 e. The average molecular weight is 748 g/mol. The Bertz CT molecular complexity index is 1850. The Labute approximate surface area is 303 Å². The van der Waals surface area contributed by atoms with E-state index in [1.54, 1.807) is 59.7 Å². The molecule has 0 radical (unpaired) electrons. The van der Waals surface area contributed by atoms with E-state index >= 15 is 0 Å². The number of hydrogen-bond acceptors (Lipinski definition) is 10. The number of aromatic nitrogens is 1. The smallest absolute Gasteiger partial charge is 0.408 e. The van der Waals surface area contributed by atoms with Crippen LogP contribution in [0.15, 0.2) is 37.1 Å². The monoisotopic (exact) mass is 747 g/mol. The molecule has 1 aliphatic heterocycles. The molecule has 16 heteroatoms. The number of pyridine rings is 1. The third-order valence-electron chi connectivity index (χ3n) is 9.15. The summed E-state index contributed by atoms with van der Waals surface area (Å²) < 4.78 is 44.7. The van der Waals surface area contributed by atoms with Gasteiger partial charge in [0.1, 0.15) is 35.1 Å². The number of hydrogen-bond donors (Lipinski definition) is 3. The van der Waals surface area contributed by atoms with Crippen molar-refractivity contribution in [1.82, 2.24) is 25.2 Å². The molecule has 3 fully saturated rings. The van der Waals surface area contributed by atoms with Crippen LogP contribution in [-0.2, 0) is 29.1 Å². The van der Waals surface area contributed by atoms with Gasteiger partial charge in [-0.25, -0.2) is 18.2 Å². The number of rotatable bonds is 11. The lowest BCUT2D eigenvalue weighted by Gasteiger charge is -2.36. The minimum atomic E-state index is -3.91. The van der Waals surface area contributed by atoms with Crippen LogP contribution in [0.5, 0.6) is 11.6 Å². The fourth-order valence-electron chi connectivity index (χ4n) is 6.21. The Balaban J connectivity index is 1.46. The summed E-state index contributed by atoms with van der Waals surface area (Å²) in [5, 5.41) is 6.45. The van der Waals surface area contributed by atoms with Gasteiger partial charge in [0.25, 0.3) is 5.91 Å². The molecule has 2 saturated carbocycles. The fraction of sp³-hybridized carbons (Fsp3) is 0.571. The van der Waals surface area contributed by atoms with Gasteiger partial charge in [-0.3, -0.25) is 19.1 Å². The molecule has 1 saturated heterocycles. The van der Waals surface area contributed by atoms with Gasteiger partial charge in [-0.05, 0) is 63.6 Å². The molecule has 1 unspecified atom stereocenters. The van der Waals surface area contributed by atoms with Crippen LogP contribution < -0.4 is 24.8 Å². The van der Waals surface area contributed by atoms with Crippen LogP contribution >= 0.6 is 11.6 Å². The largest absolute Gasteiger partial charge is 0.494 e. The average Bonchev–Trinajstić information content (AvgIpc) is 3.95. The molecule has 3 aliphatic rings. The van der Waals surface area contributed by atoms with Crippen LogP contribution in [0.2, 0.25) is 5.02 Å². The summed E-state index contributed by atoms with van der Waals surface area (Å²) in [6.45, 7) is 14.1. The summed E-state index contributed by atoms with van der Waals surface area (Å²) >= 11 is 6.32. The van der Waals surface area contributed by atoms with Crippen molar-refractivity contribution in [3.05, 3.63) is 42.1 Å². The van der Waals surface area contributed by atoms with Gasteiger partial charge in [0, 0.05) is 28.1 Å². The molecule has 2 heterocycles. The molecule has 51 heavy (non-hydrogen) atoms. The first-order valence-corrected chi connectivity index (χ1v) is 18.7. The van der Waals surface area contributed by atoms with Gasteiger partial charge in [0.15, 0.2) is 0 Å². The van der Waals surface area contributed by atoms with E-state index in [4.69, 9.17) is 25.8 Å². The first kappa shape index (κ1) is 38.1. The summed E-state index contributed by atoms with van der Waals surface area (Å²) in [7, 11) is -2.40. The van der Waals surface area contributed by atoms with Gasteiger partial charge in [-0.15, -0.1) is 6.58 Å². The van der Waals surface area contributed by atoms with Gasteiger partial charge in [-0.2, -0.15) is 0 Å². The van der Waals surface area contributed by atoms with Crippen molar-refractivity contribution < 1.29 is 41.8 Å². The van der Waals surface area contributed by atoms with Crippen molar-refractivity contribution in [1.29, 1.82) is 0 Å². The SMILES string of the molecule is C=CC1C[C@]1(NC(=O)[C@@H]1C[C@@H](Oc2ncc(OC)c3ccc(Cl)cc23)CN1C(=O)[C@@H](NC(=O)OC(C)(C)C)C(C)(C)C)C(=O)NS(=O)(=O)C1CC1. The number of likely N-dealkylation sites (tertiary alicyclic amines) is 1. The van der Waals surface area contributed by atoms with E-state index in [1.165, 1.54) is 24.3 Å². The molecule has 1 aromatic carbocycles. The number of carbonyl (C=O) groups is 4. The van der Waals surface area contributed by atoms with E-state index in [9.17, 15) is 27.6 Å². The molecule has 3 N–H and O–H groups in total. The van der Waals surface area contributed by atoms with Crippen molar-refractivity contribution in [2.45, 2.75) is 102 Å². The van der Waals surface area contributed by atoms with Crippen molar-refractivity contribution in [2.24, 2.45) is 11.3 Å². The molecule has 14 nitrogen and oxygen atoms in total. The molecular weight excluding hydrogens is 702 g/mol. The van der Waals surface area contributed by atoms with Crippen molar-refractivity contribution in [2.75, 3.05) is 13.7 Å². The zero-order valence-electron chi connectivity index (χ0n) is 29.9. The van der Waals surface area contributed by atoms with Crippen LogP contribution in [0.3, 0.4) is 0 Å². The predicted molar refractivity (Wildman–Crippen MR) is 190 cm³/mol. The number of amides is 4. The highest BCUT2D eigenvalue weighted by Gasteiger charge is 2.62. The topological polar surface area (TPSA) is 182 Å². The van der Waals surface area contributed by atoms with Crippen molar-refractivity contribution in [3.8, 4) is 11.6 Å². The summed E-state index contributed by atoms with van der Waals surface area (Å²) in [4.78, 5) is 60.8. The van der Waals surface area contributed by atoms with Gasteiger partial charge in [0.2, 0.25) is 27.7 Å². The second kappa shape index (κ2) is 13.8. The lowest BCUT2D eigenvalue weighted by molar-refractivity contribution is -0.143. The van der Waals surface area contributed by atoms with Crippen molar-refractivity contribution in [3.63, 3.8) is 0 Å². The summed E-state index contributed by atoms with van der Waals surface area (Å²) in [6, 6.07) is 2.82. The zero-order valence-corrected chi connectivity index (χ0v) is 31.4. The lowest BCUT2D eigenvalue weighted by atomic mass is 9.85. The van der Waals surface area contributed by atoms with Crippen molar-refractivity contribution >= 4 is 56.2 Å². The fourth-order valence-corrected chi connectivity index (χ4v) is 7.75. The second-order valence-electron chi connectivity index (χ2n) is 15.4. The molecule has 0 spiro atoms. The number of nitrogens with one attached hydrogen (secondary N) is 3. The summed E-state index contributed by atoms with van der Waals surface area (Å²) in [5.74, 6) is -1.99. The molecule has 2 aliphatic carbocycles. The summed E-state index contributed by atoms with van der Waals surface area (Å²) in [5.41, 5.74) is -3.24. The third kappa shape index (κ3) is 8.35. The van der Waals surface area contributed by atoms with Gasteiger partial charge < -0.3 is 29.7 Å². The number of nitrogens with zero attached hydrogens (tertiary/aromatic N) is 2. The molecule has 4 amide bonds. The number of benzene rings is 1. The summed E-state index contributed by atoms with van der Waals surface area (Å²) in [6.07, 6.45) is 2.40. The number of halogens is 1. The highest BCUT2D eigenvalue weighted by atomic mass is 35.5. The Hall–Kier alpha value is -4.11. The highest BCUT2D eigenvalue weighted by molar-refractivity contribution is 7.91. The quantitative estimate of drug-likeness (QED) is 0.286. The maximum atomic E-state index is 14.4. The first-order valence-electron chi connectivity index (χ1n) is 16.8. The first-order chi connectivity index (χ1) is 23.7. The van der Waals surface area contributed by atoms with Gasteiger partial charge in [0.05, 0.1) is 25.1 Å². The Morgan fingerprint density at radius 1 is 1.12 bits per heavy atom. The number of ether oxygens (including phenoxy) is 3. The molecule has 0 bridgehead atoms. The van der Waals surface area contributed by atoms with Crippen LogP contribution in [0.1, 0.15) is 67.2 Å². The number of fused-ring (bicyclic) bond motifs is 1. The second-order valence-corrected chi connectivity index (χ2v) is 17.8. The molecule has 278 valence electrons. The molecule has 1 aromatic heterocycles. The number of methoxy groups -OCH3 is 1. The van der Waals surface area contributed by atoms with Crippen LogP contribution in [0.4, 0.5) is 4.79 Å². The molecule has 5 atom stereocenters. The number of alkyl carbamates (subject to hydrolysis) is 1. The minimum absolute atomic E-state index is 0.0204. The Morgan fingerprint density at radius 3 is 2.37 bits per heavy atom. The normalized spacial score (nSPS) is 23.9. The Morgan fingerprint density at radius 2 is 1.80 bits per heavy atom. The van der Waals surface area contributed by atoms with Gasteiger partial charge in [-0.1, -0.05) is 38.4 Å². The van der Waals surface area contributed by atoms with E-state index in [2.05, 4.69) is 26.9 Å². The maximum absolute atomic E-state index is 14.4. The number of sulfonamides is 1. The van der Waals surface area contributed by atoms with E-state index in [1.807, 2.05) is 0 Å². The van der Waals surface area contributed by atoms with Crippen LogP contribution in [0.25, 0.3) is 10.8 Å². The molecule has 2 aromatic rings. The van der Waals surface area contributed by atoms with E-state index < -0.39 is 79.7 Å². The third-order valence-corrected chi connectivity index (χ3v) is 11.2. The van der Waals surface area contributed by atoms with Crippen LogP contribution in [0, 0.1) is 11.3 Å². The van der Waals surface area contributed by atoms with E-state index in [0.717, 1.165) is 0 Å².